The van der Waals surface area contributed by atoms with Gasteiger partial charge in [-0.1, -0.05) is 0 Å². The SMILES string of the molecule is CC1(C(=O)O)CC1(Cl)C(=O)O. The van der Waals surface area contributed by atoms with E-state index in [1.54, 1.807) is 0 Å². The number of carboxylic acids is 2. The second-order valence-electron chi connectivity index (χ2n) is 2.92. The molecular weight excluding hydrogens is 172 g/mol. The minimum atomic E-state index is -1.58. The van der Waals surface area contributed by atoms with E-state index in [-0.39, 0.29) is 6.42 Å². The van der Waals surface area contributed by atoms with Gasteiger partial charge in [0, 0.05) is 0 Å². The van der Waals surface area contributed by atoms with Gasteiger partial charge in [0.15, 0.2) is 4.87 Å². The molecule has 5 heteroatoms. The Morgan fingerprint density at radius 3 is 1.91 bits per heavy atom. The Balaban J connectivity index is 2.87. The molecule has 2 N–H and O–H groups in total. The fourth-order valence-electron chi connectivity index (χ4n) is 1.000. The lowest BCUT2D eigenvalue weighted by Gasteiger charge is -2.06. The van der Waals surface area contributed by atoms with Crippen molar-refractivity contribution in [3.8, 4) is 0 Å². The van der Waals surface area contributed by atoms with Crippen LogP contribution in [0.4, 0.5) is 0 Å². The summed E-state index contributed by atoms with van der Waals surface area (Å²) in [5.41, 5.74) is -1.29. The van der Waals surface area contributed by atoms with Crippen molar-refractivity contribution in [3.05, 3.63) is 0 Å². The van der Waals surface area contributed by atoms with Gasteiger partial charge in [-0.25, -0.2) is 0 Å². The molecule has 1 aliphatic carbocycles. The Bertz CT molecular complexity index is 215. The van der Waals surface area contributed by atoms with Crippen LogP contribution in [0.5, 0.6) is 0 Å². The summed E-state index contributed by atoms with van der Waals surface area (Å²) in [6.45, 7) is 1.33. The second kappa shape index (κ2) is 1.88. The summed E-state index contributed by atoms with van der Waals surface area (Å²) in [6, 6.07) is 0. The van der Waals surface area contributed by atoms with E-state index in [1.165, 1.54) is 6.92 Å². The molecule has 0 aliphatic heterocycles. The minimum Gasteiger partial charge on any atom is -0.481 e. The normalized spacial score (nSPS) is 41.6. The zero-order chi connectivity index (χ0) is 8.86. The van der Waals surface area contributed by atoms with Gasteiger partial charge < -0.3 is 10.2 Å². The Morgan fingerprint density at radius 1 is 1.36 bits per heavy atom. The van der Waals surface area contributed by atoms with Gasteiger partial charge in [-0.15, -0.1) is 11.6 Å². The van der Waals surface area contributed by atoms with Crippen molar-refractivity contribution in [1.82, 2.24) is 0 Å². The third-order valence-corrected chi connectivity index (χ3v) is 2.87. The van der Waals surface area contributed by atoms with Crippen molar-refractivity contribution < 1.29 is 19.8 Å². The molecule has 1 fully saturated rings. The molecule has 0 radical (unpaired) electrons. The van der Waals surface area contributed by atoms with Gasteiger partial charge in [-0.3, -0.25) is 9.59 Å². The average molecular weight is 179 g/mol. The largest absolute Gasteiger partial charge is 0.481 e. The zero-order valence-electron chi connectivity index (χ0n) is 5.80. The van der Waals surface area contributed by atoms with E-state index < -0.39 is 22.2 Å². The number of alkyl halides is 1. The predicted molar refractivity (Wildman–Crippen MR) is 36.6 cm³/mol. The smallest absolute Gasteiger partial charge is 0.325 e. The molecule has 0 spiro atoms. The number of halogens is 1. The van der Waals surface area contributed by atoms with Crippen molar-refractivity contribution in [2.75, 3.05) is 0 Å². The standard InChI is InChI=1S/C6H7ClO4/c1-5(3(8)9)2-6(5,7)4(10)11/h2H2,1H3,(H,8,9)(H,10,11). The lowest BCUT2D eigenvalue weighted by Crippen LogP contribution is -2.27. The van der Waals surface area contributed by atoms with Crippen LogP contribution in [0.3, 0.4) is 0 Å². The van der Waals surface area contributed by atoms with Crippen LogP contribution in [0, 0.1) is 5.41 Å². The van der Waals surface area contributed by atoms with Crippen molar-refractivity contribution >= 4 is 23.5 Å². The topological polar surface area (TPSA) is 74.6 Å². The number of rotatable bonds is 2. The molecule has 2 atom stereocenters. The van der Waals surface area contributed by atoms with E-state index in [0.29, 0.717) is 0 Å². The molecule has 0 heterocycles. The maximum atomic E-state index is 10.5. The Labute approximate surface area is 67.8 Å². The number of hydrogen-bond donors (Lipinski definition) is 2. The summed E-state index contributed by atoms with van der Waals surface area (Å²) in [5, 5.41) is 17.1. The van der Waals surface area contributed by atoms with Crippen molar-refractivity contribution in [2.24, 2.45) is 5.41 Å². The van der Waals surface area contributed by atoms with Crippen molar-refractivity contribution in [1.29, 1.82) is 0 Å². The number of aliphatic carboxylic acids is 2. The fraction of sp³-hybridized carbons (Fsp3) is 0.667. The molecule has 11 heavy (non-hydrogen) atoms. The van der Waals surface area contributed by atoms with Crippen LogP contribution in [0.1, 0.15) is 13.3 Å². The summed E-state index contributed by atoms with van der Waals surface area (Å²) in [5.74, 6) is -2.42. The van der Waals surface area contributed by atoms with Gasteiger partial charge in [0.05, 0.1) is 5.41 Å². The molecule has 62 valence electrons. The first-order chi connectivity index (χ1) is 4.84. The highest BCUT2D eigenvalue weighted by molar-refractivity contribution is 6.39. The van der Waals surface area contributed by atoms with E-state index in [2.05, 4.69) is 0 Å². The molecule has 0 bridgehead atoms. The Kier molecular flexibility index (Phi) is 1.42. The number of carbonyl (C=O) groups is 2. The molecule has 0 aromatic carbocycles. The Hall–Kier alpha value is -0.770. The minimum absolute atomic E-state index is 0.00772. The molecule has 1 aliphatic rings. The van der Waals surface area contributed by atoms with Gasteiger partial charge >= 0.3 is 11.9 Å². The molecule has 1 saturated carbocycles. The van der Waals surface area contributed by atoms with Gasteiger partial charge in [-0.05, 0) is 13.3 Å². The molecule has 0 saturated heterocycles. The highest BCUT2D eigenvalue weighted by Gasteiger charge is 2.74. The summed E-state index contributed by atoms with van der Waals surface area (Å²) < 4.78 is 0. The monoisotopic (exact) mass is 178 g/mol. The second-order valence-corrected chi connectivity index (χ2v) is 3.57. The quantitative estimate of drug-likeness (QED) is 0.606. The lowest BCUT2D eigenvalue weighted by molar-refractivity contribution is -0.147. The summed E-state index contributed by atoms with van der Waals surface area (Å²) in [7, 11) is 0. The van der Waals surface area contributed by atoms with Crippen LogP contribution in [-0.4, -0.2) is 27.0 Å². The molecule has 0 aromatic rings. The first kappa shape index (κ1) is 8.33. The average Bonchev–Trinajstić information content (AvgIpc) is 2.39. The first-order valence-electron chi connectivity index (χ1n) is 3.00. The van der Waals surface area contributed by atoms with Gasteiger partial charge in [-0.2, -0.15) is 0 Å². The van der Waals surface area contributed by atoms with Crippen LogP contribution in [0.15, 0.2) is 0 Å². The molecule has 0 aromatic heterocycles. The summed E-state index contributed by atoms with van der Waals surface area (Å²) >= 11 is 5.50. The zero-order valence-corrected chi connectivity index (χ0v) is 6.55. The lowest BCUT2D eigenvalue weighted by atomic mass is 10.1. The van der Waals surface area contributed by atoms with Crippen LogP contribution in [0.2, 0.25) is 0 Å². The van der Waals surface area contributed by atoms with Crippen molar-refractivity contribution in [2.45, 2.75) is 18.2 Å². The molecule has 2 unspecified atom stereocenters. The summed E-state index contributed by atoms with van der Waals surface area (Å²) in [4.78, 5) is 19.3. The molecule has 4 nitrogen and oxygen atoms in total. The molecule has 1 rings (SSSR count). The third-order valence-electron chi connectivity index (χ3n) is 2.16. The van der Waals surface area contributed by atoms with Gasteiger partial charge in [0.1, 0.15) is 0 Å². The number of carboxylic acid groups (broad SMARTS) is 2. The molecule has 0 amide bonds. The van der Waals surface area contributed by atoms with E-state index >= 15 is 0 Å². The predicted octanol–water partition coefficient (Wildman–Crippen LogP) is 0.543. The first-order valence-corrected chi connectivity index (χ1v) is 3.38. The maximum Gasteiger partial charge on any atom is 0.325 e. The van der Waals surface area contributed by atoms with E-state index in [9.17, 15) is 9.59 Å². The molecular formula is C6H7ClO4. The van der Waals surface area contributed by atoms with Gasteiger partial charge in [0.2, 0.25) is 0 Å². The van der Waals surface area contributed by atoms with Crippen LogP contribution in [-0.2, 0) is 9.59 Å². The third kappa shape index (κ3) is 0.822. The van der Waals surface area contributed by atoms with Crippen LogP contribution < -0.4 is 0 Å². The Morgan fingerprint density at radius 2 is 1.82 bits per heavy atom. The highest BCUT2D eigenvalue weighted by Crippen LogP contribution is 2.61. The fourth-order valence-corrected chi connectivity index (χ4v) is 1.35. The maximum absolute atomic E-state index is 10.5. The van der Waals surface area contributed by atoms with E-state index in [0.717, 1.165) is 0 Å². The van der Waals surface area contributed by atoms with Gasteiger partial charge in [0.25, 0.3) is 0 Å². The number of hydrogen-bond acceptors (Lipinski definition) is 2. The van der Waals surface area contributed by atoms with E-state index in [1.807, 2.05) is 0 Å². The highest BCUT2D eigenvalue weighted by atomic mass is 35.5. The van der Waals surface area contributed by atoms with Crippen LogP contribution >= 0.6 is 11.6 Å². The van der Waals surface area contributed by atoms with Crippen LogP contribution in [0.25, 0.3) is 0 Å². The van der Waals surface area contributed by atoms with E-state index in [4.69, 9.17) is 21.8 Å². The van der Waals surface area contributed by atoms with Crippen molar-refractivity contribution in [3.63, 3.8) is 0 Å². The summed E-state index contributed by atoms with van der Waals surface area (Å²) in [6.07, 6.45) is -0.00772.